The van der Waals surface area contributed by atoms with Crippen LogP contribution in [0.3, 0.4) is 0 Å². The fraction of sp³-hybridized carbons (Fsp3) is 0.833. The molecule has 2 saturated heterocycles. The standard InChI is InChI=1S/C12H20N2O5/c1-12(7-13-8-12)19-6-10(15)14-2-3-18-5-9(14)4-11(16)17/h9,13H,2-8H2,1H3,(H,16,17). The minimum absolute atomic E-state index is 0.00566. The maximum atomic E-state index is 12.1. The molecule has 0 saturated carbocycles. The van der Waals surface area contributed by atoms with Crippen LogP contribution >= 0.6 is 0 Å². The van der Waals surface area contributed by atoms with Crippen molar-refractivity contribution in [1.82, 2.24) is 10.2 Å². The molecule has 2 N–H and O–H groups in total. The van der Waals surface area contributed by atoms with E-state index < -0.39 is 12.0 Å². The van der Waals surface area contributed by atoms with Crippen molar-refractivity contribution in [3.8, 4) is 0 Å². The lowest BCUT2D eigenvalue weighted by Gasteiger charge is -2.40. The first-order valence-electron chi connectivity index (χ1n) is 6.44. The lowest BCUT2D eigenvalue weighted by atomic mass is 10.0. The summed E-state index contributed by atoms with van der Waals surface area (Å²) >= 11 is 0. The molecule has 1 atom stereocenters. The molecule has 7 heteroatoms. The van der Waals surface area contributed by atoms with Crippen LogP contribution < -0.4 is 5.32 Å². The molecule has 108 valence electrons. The molecule has 0 aliphatic carbocycles. The normalized spacial score (nSPS) is 25.7. The quantitative estimate of drug-likeness (QED) is 0.672. The van der Waals surface area contributed by atoms with E-state index in [0.717, 1.165) is 13.1 Å². The average molecular weight is 272 g/mol. The van der Waals surface area contributed by atoms with Gasteiger partial charge in [-0.1, -0.05) is 0 Å². The first kappa shape index (κ1) is 14.2. The van der Waals surface area contributed by atoms with Crippen LogP contribution in [0.4, 0.5) is 0 Å². The molecular weight excluding hydrogens is 252 g/mol. The summed E-state index contributed by atoms with van der Waals surface area (Å²) in [5.74, 6) is -1.09. The molecular formula is C12H20N2O5. The Balaban J connectivity index is 1.85. The minimum Gasteiger partial charge on any atom is -0.481 e. The molecule has 2 rings (SSSR count). The Morgan fingerprint density at radius 1 is 1.53 bits per heavy atom. The second-order valence-electron chi connectivity index (χ2n) is 5.26. The number of carbonyl (C=O) groups excluding carboxylic acids is 1. The number of amides is 1. The summed E-state index contributed by atoms with van der Waals surface area (Å²) in [6.45, 7) is 4.57. The van der Waals surface area contributed by atoms with Gasteiger partial charge in [0.25, 0.3) is 0 Å². The van der Waals surface area contributed by atoms with Crippen molar-refractivity contribution in [3.63, 3.8) is 0 Å². The van der Waals surface area contributed by atoms with Gasteiger partial charge in [0, 0.05) is 19.6 Å². The fourth-order valence-corrected chi connectivity index (χ4v) is 2.25. The van der Waals surface area contributed by atoms with Gasteiger partial charge in [0.05, 0.1) is 31.3 Å². The van der Waals surface area contributed by atoms with Crippen LogP contribution in [-0.4, -0.2) is 73.0 Å². The van der Waals surface area contributed by atoms with Gasteiger partial charge < -0.3 is 24.8 Å². The maximum Gasteiger partial charge on any atom is 0.305 e. The molecule has 7 nitrogen and oxygen atoms in total. The van der Waals surface area contributed by atoms with E-state index in [-0.39, 0.29) is 31.1 Å². The first-order chi connectivity index (χ1) is 9.00. The summed E-state index contributed by atoms with van der Waals surface area (Å²) in [7, 11) is 0. The van der Waals surface area contributed by atoms with E-state index in [1.165, 1.54) is 0 Å². The molecule has 0 aromatic carbocycles. The maximum absolute atomic E-state index is 12.1. The van der Waals surface area contributed by atoms with Crippen LogP contribution in [0, 0.1) is 0 Å². The number of nitrogens with zero attached hydrogens (tertiary/aromatic N) is 1. The van der Waals surface area contributed by atoms with Gasteiger partial charge in [-0.3, -0.25) is 9.59 Å². The fourth-order valence-electron chi connectivity index (χ4n) is 2.25. The van der Waals surface area contributed by atoms with Gasteiger partial charge in [-0.25, -0.2) is 0 Å². The molecule has 0 bridgehead atoms. The second kappa shape index (κ2) is 5.85. The predicted octanol–water partition coefficient (Wildman–Crippen LogP) is -0.933. The molecule has 2 fully saturated rings. The highest BCUT2D eigenvalue weighted by molar-refractivity contribution is 5.79. The molecule has 19 heavy (non-hydrogen) atoms. The van der Waals surface area contributed by atoms with E-state index in [1.807, 2.05) is 6.92 Å². The Morgan fingerprint density at radius 3 is 2.84 bits per heavy atom. The third kappa shape index (κ3) is 3.65. The third-order valence-corrected chi connectivity index (χ3v) is 3.50. The highest BCUT2D eigenvalue weighted by Gasteiger charge is 2.35. The summed E-state index contributed by atoms with van der Waals surface area (Å²) in [6, 6.07) is -0.394. The van der Waals surface area contributed by atoms with Crippen molar-refractivity contribution in [2.45, 2.75) is 25.0 Å². The van der Waals surface area contributed by atoms with E-state index in [0.29, 0.717) is 13.2 Å². The number of aliphatic carboxylic acids is 1. The van der Waals surface area contributed by atoms with Crippen molar-refractivity contribution in [1.29, 1.82) is 0 Å². The van der Waals surface area contributed by atoms with Crippen LogP contribution in [-0.2, 0) is 19.1 Å². The van der Waals surface area contributed by atoms with E-state index in [1.54, 1.807) is 4.90 Å². The van der Waals surface area contributed by atoms with Crippen LogP contribution in [0.15, 0.2) is 0 Å². The minimum atomic E-state index is -0.927. The van der Waals surface area contributed by atoms with Crippen LogP contribution in [0.5, 0.6) is 0 Å². The highest BCUT2D eigenvalue weighted by Crippen LogP contribution is 2.17. The Labute approximate surface area is 111 Å². The topological polar surface area (TPSA) is 88.1 Å². The zero-order valence-electron chi connectivity index (χ0n) is 11.1. The van der Waals surface area contributed by atoms with Crippen molar-refractivity contribution in [2.75, 3.05) is 39.5 Å². The van der Waals surface area contributed by atoms with E-state index in [9.17, 15) is 9.59 Å². The summed E-state index contributed by atoms with van der Waals surface area (Å²) in [5.41, 5.74) is -0.274. The zero-order valence-corrected chi connectivity index (χ0v) is 11.1. The number of carbonyl (C=O) groups is 2. The lowest BCUT2D eigenvalue weighted by Crippen LogP contribution is -2.60. The largest absolute Gasteiger partial charge is 0.481 e. The third-order valence-electron chi connectivity index (χ3n) is 3.50. The van der Waals surface area contributed by atoms with Gasteiger partial charge in [-0.2, -0.15) is 0 Å². The van der Waals surface area contributed by atoms with Crippen LogP contribution in [0.1, 0.15) is 13.3 Å². The first-order valence-corrected chi connectivity index (χ1v) is 6.44. The summed E-state index contributed by atoms with van der Waals surface area (Å²) in [4.78, 5) is 24.4. The van der Waals surface area contributed by atoms with E-state index >= 15 is 0 Å². The number of carboxylic acids is 1. The van der Waals surface area contributed by atoms with Crippen molar-refractivity contribution >= 4 is 11.9 Å². The number of carboxylic acid groups (broad SMARTS) is 1. The molecule has 2 aliphatic heterocycles. The zero-order chi connectivity index (χ0) is 13.9. The average Bonchev–Trinajstić information content (AvgIpc) is 2.33. The summed E-state index contributed by atoms with van der Waals surface area (Å²) in [5, 5.41) is 11.9. The highest BCUT2D eigenvalue weighted by atomic mass is 16.5. The lowest BCUT2D eigenvalue weighted by molar-refractivity contribution is -0.156. The Bertz CT molecular complexity index is 356. The van der Waals surface area contributed by atoms with Crippen LogP contribution in [0.25, 0.3) is 0 Å². The Morgan fingerprint density at radius 2 is 2.26 bits per heavy atom. The smallest absolute Gasteiger partial charge is 0.305 e. The summed E-state index contributed by atoms with van der Waals surface area (Å²) < 4.78 is 10.8. The monoisotopic (exact) mass is 272 g/mol. The molecule has 2 aliphatic rings. The molecule has 2 heterocycles. The van der Waals surface area contributed by atoms with E-state index in [2.05, 4.69) is 5.32 Å². The number of nitrogens with one attached hydrogen (secondary N) is 1. The van der Waals surface area contributed by atoms with Gasteiger partial charge in [0.2, 0.25) is 5.91 Å². The van der Waals surface area contributed by atoms with Crippen molar-refractivity contribution in [2.24, 2.45) is 0 Å². The molecule has 0 aromatic heterocycles. The number of hydrogen-bond acceptors (Lipinski definition) is 5. The molecule has 1 amide bonds. The van der Waals surface area contributed by atoms with Gasteiger partial charge in [0.15, 0.2) is 0 Å². The van der Waals surface area contributed by atoms with Crippen LogP contribution in [0.2, 0.25) is 0 Å². The van der Waals surface area contributed by atoms with Gasteiger partial charge >= 0.3 is 5.97 Å². The molecule has 0 spiro atoms. The molecule has 1 unspecified atom stereocenters. The predicted molar refractivity (Wildman–Crippen MR) is 65.8 cm³/mol. The van der Waals surface area contributed by atoms with Crippen molar-refractivity contribution in [3.05, 3.63) is 0 Å². The number of ether oxygens (including phenoxy) is 2. The molecule has 0 aromatic rings. The van der Waals surface area contributed by atoms with Crippen molar-refractivity contribution < 1.29 is 24.2 Å². The van der Waals surface area contributed by atoms with E-state index in [4.69, 9.17) is 14.6 Å². The van der Waals surface area contributed by atoms with Gasteiger partial charge in [-0.05, 0) is 6.92 Å². The van der Waals surface area contributed by atoms with Gasteiger partial charge in [0.1, 0.15) is 6.61 Å². The number of rotatable bonds is 5. The SMILES string of the molecule is CC1(OCC(=O)N2CCOCC2CC(=O)O)CNC1. The molecule has 0 radical (unpaired) electrons. The Kier molecular flexibility index (Phi) is 4.38. The number of morpholine rings is 1. The van der Waals surface area contributed by atoms with Gasteiger partial charge in [-0.15, -0.1) is 0 Å². The second-order valence-corrected chi connectivity index (χ2v) is 5.26. The summed E-state index contributed by atoms with van der Waals surface area (Å²) in [6.07, 6.45) is -0.0927. The number of hydrogen-bond donors (Lipinski definition) is 2. The Hall–Kier alpha value is -1.18.